The fourth-order valence-electron chi connectivity index (χ4n) is 1.89. The Balaban J connectivity index is 0.00000144. The zero-order valence-corrected chi connectivity index (χ0v) is 10.6. The van der Waals surface area contributed by atoms with E-state index in [2.05, 4.69) is 16.8 Å². The number of phenolic OH excluding ortho intramolecular Hbond substituents is 1. The summed E-state index contributed by atoms with van der Waals surface area (Å²) in [5.41, 5.74) is 1.33. The Bertz CT molecular complexity index is 390. The zero-order valence-electron chi connectivity index (χ0n) is 9.80. The highest BCUT2D eigenvalue weighted by atomic mass is 35.5. The van der Waals surface area contributed by atoms with Crippen molar-refractivity contribution in [2.24, 2.45) is 0 Å². The predicted molar refractivity (Wildman–Crippen MR) is 70.5 cm³/mol. The van der Waals surface area contributed by atoms with Gasteiger partial charge in [-0.3, -0.25) is 4.79 Å². The maximum atomic E-state index is 10.6. The molecule has 0 radical (unpaired) electrons. The van der Waals surface area contributed by atoms with Crippen molar-refractivity contribution in [3.63, 3.8) is 0 Å². The van der Waals surface area contributed by atoms with E-state index in [1.54, 1.807) is 12.1 Å². The molecule has 0 aromatic heterocycles. The molecule has 1 N–H and O–H groups in total. The molecule has 0 unspecified atom stereocenters. The van der Waals surface area contributed by atoms with Crippen LogP contribution >= 0.6 is 12.4 Å². The van der Waals surface area contributed by atoms with E-state index >= 15 is 0 Å². The van der Waals surface area contributed by atoms with Crippen molar-refractivity contribution < 1.29 is 9.90 Å². The number of aldehydes is 1. The SMILES string of the molecule is CN1CCN(c2ccc(C=O)c(O)c2)CC1.Cl. The summed E-state index contributed by atoms with van der Waals surface area (Å²) >= 11 is 0. The number of nitrogens with zero attached hydrogens (tertiary/aromatic N) is 2. The largest absolute Gasteiger partial charge is 0.507 e. The van der Waals surface area contributed by atoms with Crippen molar-refractivity contribution in [2.45, 2.75) is 0 Å². The first kappa shape index (κ1) is 13.8. The van der Waals surface area contributed by atoms with Gasteiger partial charge < -0.3 is 14.9 Å². The van der Waals surface area contributed by atoms with Crippen LogP contribution in [0.1, 0.15) is 10.4 Å². The molecule has 17 heavy (non-hydrogen) atoms. The number of phenols is 1. The summed E-state index contributed by atoms with van der Waals surface area (Å²) in [4.78, 5) is 15.1. The molecule has 0 spiro atoms. The van der Waals surface area contributed by atoms with Gasteiger partial charge in [0.1, 0.15) is 5.75 Å². The van der Waals surface area contributed by atoms with Crippen LogP contribution in [0.4, 0.5) is 5.69 Å². The normalized spacial score (nSPS) is 16.4. The zero-order chi connectivity index (χ0) is 11.5. The molecule has 2 rings (SSSR count). The van der Waals surface area contributed by atoms with Crippen LogP contribution in [0.25, 0.3) is 0 Å². The summed E-state index contributed by atoms with van der Waals surface area (Å²) in [6, 6.07) is 5.21. The van der Waals surface area contributed by atoms with Crippen molar-refractivity contribution in [1.82, 2.24) is 4.90 Å². The first-order chi connectivity index (χ1) is 7.70. The van der Waals surface area contributed by atoms with Crippen molar-refractivity contribution in [3.05, 3.63) is 23.8 Å². The molecule has 0 amide bonds. The van der Waals surface area contributed by atoms with E-state index in [9.17, 15) is 9.90 Å². The Morgan fingerprint density at radius 2 is 1.88 bits per heavy atom. The van der Waals surface area contributed by atoms with Gasteiger partial charge in [-0.15, -0.1) is 12.4 Å². The van der Waals surface area contributed by atoms with Gasteiger partial charge in [0.05, 0.1) is 5.56 Å². The Morgan fingerprint density at radius 1 is 1.24 bits per heavy atom. The van der Waals surface area contributed by atoms with Gasteiger partial charge in [-0.2, -0.15) is 0 Å². The number of carbonyl (C=O) groups excluding carboxylic acids is 1. The number of anilines is 1. The van der Waals surface area contributed by atoms with Crippen LogP contribution in [0, 0.1) is 0 Å². The lowest BCUT2D eigenvalue weighted by Gasteiger charge is -2.34. The Hall–Kier alpha value is -1.26. The van der Waals surface area contributed by atoms with E-state index in [-0.39, 0.29) is 18.2 Å². The van der Waals surface area contributed by atoms with Gasteiger partial charge in [-0.1, -0.05) is 0 Å². The molecule has 1 aromatic carbocycles. The van der Waals surface area contributed by atoms with Crippen molar-refractivity contribution >= 4 is 24.4 Å². The number of halogens is 1. The third-order valence-corrected chi connectivity index (χ3v) is 3.01. The van der Waals surface area contributed by atoms with Gasteiger partial charge in [0, 0.05) is 37.9 Å². The number of carbonyl (C=O) groups is 1. The number of piperazine rings is 1. The Morgan fingerprint density at radius 3 is 2.41 bits per heavy atom. The monoisotopic (exact) mass is 256 g/mol. The van der Waals surface area contributed by atoms with E-state index < -0.39 is 0 Å². The summed E-state index contributed by atoms with van der Waals surface area (Å²) in [6.07, 6.45) is 0.670. The molecular formula is C12H17ClN2O2. The first-order valence-electron chi connectivity index (χ1n) is 5.42. The second-order valence-electron chi connectivity index (χ2n) is 4.15. The minimum atomic E-state index is 0. The van der Waals surface area contributed by atoms with Crippen LogP contribution in [0.15, 0.2) is 18.2 Å². The molecule has 1 aliphatic rings. The fourth-order valence-corrected chi connectivity index (χ4v) is 1.89. The lowest BCUT2D eigenvalue weighted by Crippen LogP contribution is -2.44. The van der Waals surface area contributed by atoms with Crippen LogP contribution in [0.3, 0.4) is 0 Å². The van der Waals surface area contributed by atoms with Crippen LogP contribution in [0.5, 0.6) is 5.75 Å². The van der Waals surface area contributed by atoms with Crippen LogP contribution in [-0.4, -0.2) is 49.5 Å². The topological polar surface area (TPSA) is 43.8 Å². The highest BCUT2D eigenvalue weighted by Crippen LogP contribution is 2.24. The second-order valence-corrected chi connectivity index (χ2v) is 4.15. The second kappa shape index (κ2) is 5.89. The number of likely N-dealkylation sites (N-methyl/N-ethyl adjacent to an activating group) is 1. The van der Waals surface area contributed by atoms with Gasteiger partial charge in [0.25, 0.3) is 0 Å². The standard InChI is InChI=1S/C12H16N2O2.ClH/c1-13-4-6-14(7-5-13)11-3-2-10(9-15)12(16)8-11;/h2-3,8-9,16H,4-7H2,1H3;1H. The Labute approximate surface area is 107 Å². The molecule has 1 saturated heterocycles. The van der Waals surface area contributed by atoms with Crippen LogP contribution in [0.2, 0.25) is 0 Å². The third kappa shape index (κ3) is 3.11. The van der Waals surface area contributed by atoms with Gasteiger partial charge in [0.15, 0.2) is 6.29 Å². The fraction of sp³-hybridized carbons (Fsp3) is 0.417. The number of rotatable bonds is 2. The van der Waals surface area contributed by atoms with E-state index in [4.69, 9.17) is 0 Å². The van der Waals surface area contributed by atoms with Crippen LogP contribution in [-0.2, 0) is 0 Å². The van der Waals surface area contributed by atoms with E-state index in [1.165, 1.54) is 0 Å². The maximum absolute atomic E-state index is 10.6. The van der Waals surface area contributed by atoms with E-state index in [1.807, 2.05) is 6.07 Å². The van der Waals surface area contributed by atoms with E-state index in [0.717, 1.165) is 31.9 Å². The molecule has 1 heterocycles. The summed E-state index contributed by atoms with van der Waals surface area (Å²) in [7, 11) is 2.10. The van der Waals surface area contributed by atoms with Gasteiger partial charge >= 0.3 is 0 Å². The minimum absolute atomic E-state index is 0. The number of hydrogen-bond acceptors (Lipinski definition) is 4. The summed E-state index contributed by atoms with van der Waals surface area (Å²) in [5, 5.41) is 9.61. The summed E-state index contributed by atoms with van der Waals surface area (Å²) in [5.74, 6) is 0.0615. The molecular weight excluding hydrogens is 240 g/mol. The highest BCUT2D eigenvalue weighted by molar-refractivity contribution is 5.85. The van der Waals surface area contributed by atoms with Crippen molar-refractivity contribution in [3.8, 4) is 5.75 Å². The summed E-state index contributed by atoms with van der Waals surface area (Å²) in [6.45, 7) is 3.96. The van der Waals surface area contributed by atoms with Crippen molar-refractivity contribution in [2.75, 3.05) is 38.1 Å². The summed E-state index contributed by atoms with van der Waals surface area (Å²) < 4.78 is 0. The molecule has 1 aliphatic heterocycles. The lowest BCUT2D eigenvalue weighted by molar-refractivity contribution is 0.112. The smallest absolute Gasteiger partial charge is 0.153 e. The molecule has 4 nitrogen and oxygen atoms in total. The number of hydrogen-bond donors (Lipinski definition) is 1. The van der Waals surface area contributed by atoms with Crippen LogP contribution < -0.4 is 4.90 Å². The molecule has 5 heteroatoms. The average Bonchev–Trinajstić information content (AvgIpc) is 2.30. The number of aromatic hydroxyl groups is 1. The van der Waals surface area contributed by atoms with Crippen molar-refractivity contribution in [1.29, 1.82) is 0 Å². The molecule has 1 aromatic rings. The van der Waals surface area contributed by atoms with E-state index in [0.29, 0.717) is 11.8 Å². The molecule has 1 fully saturated rings. The minimum Gasteiger partial charge on any atom is -0.507 e. The number of benzene rings is 1. The van der Waals surface area contributed by atoms with Gasteiger partial charge in [-0.05, 0) is 19.2 Å². The Kier molecular flexibility index (Phi) is 4.78. The average molecular weight is 257 g/mol. The molecule has 94 valence electrons. The quantitative estimate of drug-likeness (QED) is 0.812. The third-order valence-electron chi connectivity index (χ3n) is 3.01. The molecule has 0 bridgehead atoms. The maximum Gasteiger partial charge on any atom is 0.153 e. The first-order valence-corrected chi connectivity index (χ1v) is 5.42. The van der Waals surface area contributed by atoms with Gasteiger partial charge in [0.2, 0.25) is 0 Å². The molecule has 0 saturated carbocycles. The highest BCUT2D eigenvalue weighted by Gasteiger charge is 2.15. The molecule has 0 aliphatic carbocycles. The molecule has 0 atom stereocenters. The lowest BCUT2D eigenvalue weighted by atomic mass is 10.1. The predicted octanol–water partition coefficient (Wildman–Crippen LogP) is 1.38. The van der Waals surface area contributed by atoms with Gasteiger partial charge in [-0.25, -0.2) is 0 Å².